The Labute approximate surface area is 189 Å². The lowest BCUT2D eigenvalue weighted by atomic mass is 10.2. The van der Waals surface area contributed by atoms with Crippen LogP contribution in [0.4, 0.5) is 0 Å². The fraction of sp³-hybridized carbons (Fsp3) is 0.450. The summed E-state index contributed by atoms with van der Waals surface area (Å²) in [5.41, 5.74) is 0. The second-order valence-electron chi connectivity index (χ2n) is 6.79. The molecule has 2 heterocycles. The Balaban J connectivity index is 0.00000300. The average molecular weight is 532 g/mol. The molecule has 29 heavy (non-hydrogen) atoms. The predicted octanol–water partition coefficient (Wildman–Crippen LogP) is 2.67. The van der Waals surface area contributed by atoms with Crippen molar-refractivity contribution < 1.29 is 12.8 Å². The van der Waals surface area contributed by atoms with Gasteiger partial charge in [0, 0.05) is 20.1 Å². The third-order valence-electron chi connectivity index (χ3n) is 4.91. The molecule has 1 aliphatic heterocycles. The molecule has 0 spiro atoms. The number of sulfone groups is 1. The molecular formula is C20H29IN4O3S. The van der Waals surface area contributed by atoms with Gasteiger partial charge in [0.25, 0.3) is 0 Å². The number of benzene rings is 1. The van der Waals surface area contributed by atoms with E-state index in [9.17, 15) is 8.42 Å². The molecule has 1 saturated heterocycles. The molecule has 1 unspecified atom stereocenters. The van der Waals surface area contributed by atoms with Gasteiger partial charge < -0.3 is 15.1 Å². The first-order valence-electron chi connectivity index (χ1n) is 9.60. The van der Waals surface area contributed by atoms with Crippen LogP contribution < -0.4 is 10.6 Å². The Morgan fingerprint density at radius 1 is 1.14 bits per heavy atom. The fourth-order valence-corrected chi connectivity index (χ4v) is 4.59. The summed E-state index contributed by atoms with van der Waals surface area (Å²) in [5, 5.41) is 6.40. The quantitative estimate of drug-likeness (QED) is 0.309. The van der Waals surface area contributed by atoms with Crippen molar-refractivity contribution in [2.45, 2.75) is 23.8 Å². The van der Waals surface area contributed by atoms with E-state index in [1.165, 1.54) is 12.8 Å². The van der Waals surface area contributed by atoms with E-state index in [0.29, 0.717) is 17.4 Å². The molecule has 1 atom stereocenters. The van der Waals surface area contributed by atoms with Gasteiger partial charge in [-0.3, -0.25) is 9.89 Å². The number of likely N-dealkylation sites (tertiary alicyclic amines) is 1. The number of rotatable bonds is 8. The molecule has 0 radical (unpaired) electrons. The van der Waals surface area contributed by atoms with Crippen molar-refractivity contribution in [1.82, 2.24) is 15.5 Å². The Hall–Kier alpha value is -1.59. The van der Waals surface area contributed by atoms with E-state index in [1.807, 2.05) is 12.1 Å². The largest absolute Gasteiger partial charge is 0.468 e. The third-order valence-corrected chi connectivity index (χ3v) is 6.64. The molecule has 1 fully saturated rings. The van der Waals surface area contributed by atoms with Crippen LogP contribution in [0, 0.1) is 0 Å². The zero-order valence-corrected chi connectivity index (χ0v) is 19.7. The van der Waals surface area contributed by atoms with Crippen molar-refractivity contribution in [3.05, 3.63) is 54.5 Å². The van der Waals surface area contributed by atoms with Gasteiger partial charge in [-0.1, -0.05) is 18.2 Å². The Bertz CT molecular complexity index is 851. The van der Waals surface area contributed by atoms with Crippen LogP contribution in [-0.4, -0.2) is 58.3 Å². The molecule has 2 aromatic rings. The molecular weight excluding hydrogens is 503 g/mol. The number of furan rings is 1. The van der Waals surface area contributed by atoms with Crippen LogP contribution in [0.5, 0.6) is 0 Å². The van der Waals surface area contributed by atoms with Crippen LogP contribution in [-0.2, 0) is 9.84 Å². The van der Waals surface area contributed by atoms with Crippen molar-refractivity contribution >= 4 is 39.8 Å². The van der Waals surface area contributed by atoms with Crippen molar-refractivity contribution in [3.8, 4) is 0 Å². The minimum Gasteiger partial charge on any atom is -0.468 e. The van der Waals surface area contributed by atoms with Crippen molar-refractivity contribution in [2.75, 3.05) is 39.0 Å². The predicted molar refractivity (Wildman–Crippen MR) is 126 cm³/mol. The summed E-state index contributed by atoms with van der Waals surface area (Å²) in [6.07, 6.45) is 4.09. The first kappa shape index (κ1) is 23.7. The summed E-state index contributed by atoms with van der Waals surface area (Å²) in [5.74, 6) is 1.52. The summed E-state index contributed by atoms with van der Waals surface area (Å²) >= 11 is 0. The van der Waals surface area contributed by atoms with E-state index in [-0.39, 0.29) is 42.3 Å². The molecule has 9 heteroatoms. The SMILES string of the molecule is CN=C(NCCS(=O)(=O)c1ccccc1)NCC(c1ccco1)N1CCCC1.I. The van der Waals surface area contributed by atoms with Crippen LogP contribution in [0.15, 0.2) is 63.0 Å². The summed E-state index contributed by atoms with van der Waals surface area (Å²) in [6, 6.07) is 12.5. The molecule has 0 aliphatic carbocycles. The van der Waals surface area contributed by atoms with E-state index < -0.39 is 9.84 Å². The molecule has 7 nitrogen and oxygen atoms in total. The fourth-order valence-electron chi connectivity index (χ4n) is 3.41. The number of aliphatic imine (C=N–C) groups is 1. The number of hydrogen-bond donors (Lipinski definition) is 2. The summed E-state index contributed by atoms with van der Waals surface area (Å²) in [7, 11) is -1.63. The van der Waals surface area contributed by atoms with Gasteiger partial charge in [-0.2, -0.15) is 0 Å². The van der Waals surface area contributed by atoms with Gasteiger partial charge in [-0.05, 0) is 50.2 Å². The van der Waals surface area contributed by atoms with E-state index in [4.69, 9.17) is 4.42 Å². The van der Waals surface area contributed by atoms with Gasteiger partial charge in [-0.25, -0.2) is 8.42 Å². The zero-order valence-electron chi connectivity index (χ0n) is 16.6. The normalized spacial score (nSPS) is 16.2. The Kier molecular flexibility index (Phi) is 9.44. The van der Waals surface area contributed by atoms with E-state index in [1.54, 1.807) is 43.6 Å². The molecule has 1 aromatic carbocycles. The van der Waals surface area contributed by atoms with Crippen LogP contribution in [0.3, 0.4) is 0 Å². The molecule has 0 saturated carbocycles. The Morgan fingerprint density at radius 2 is 1.86 bits per heavy atom. The van der Waals surface area contributed by atoms with Crippen LogP contribution in [0.25, 0.3) is 0 Å². The van der Waals surface area contributed by atoms with Gasteiger partial charge in [0.15, 0.2) is 15.8 Å². The lowest BCUT2D eigenvalue weighted by molar-refractivity contribution is 0.215. The zero-order chi connectivity index (χ0) is 19.8. The number of nitrogens with one attached hydrogen (secondary N) is 2. The first-order chi connectivity index (χ1) is 13.6. The first-order valence-corrected chi connectivity index (χ1v) is 11.2. The highest BCUT2D eigenvalue weighted by atomic mass is 127. The maximum Gasteiger partial charge on any atom is 0.191 e. The lowest BCUT2D eigenvalue weighted by Crippen LogP contribution is -2.43. The highest BCUT2D eigenvalue weighted by Crippen LogP contribution is 2.24. The summed E-state index contributed by atoms with van der Waals surface area (Å²) in [6.45, 7) is 3.02. The summed E-state index contributed by atoms with van der Waals surface area (Å²) < 4.78 is 30.4. The maximum atomic E-state index is 12.4. The number of nitrogens with zero attached hydrogens (tertiary/aromatic N) is 2. The topological polar surface area (TPSA) is 86.9 Å². The number of hydrogen-bond acceptors (Lipinski definition) is 5. The van der Waals surface area contributed by atoms with Gasteiger partial charge in [0.05, 0.1) is 23.0 Å². The molecule has 2 N–H and O–H groups in total. The smallest absolute Gasteiger partial charge is 0.191 e. The second-order valence-corrected chi connectivity index (χ2v) is 8.90. The monoisotopic (exact) mass is 532 g/mol. The third kappa shape index (κ3) is 6.71. The minimum atomic E-state index is -3.31. The van der Waals surface area contributed by atoms with Gasteiger partial charge >= 0.3 is 0 Å². The van der Waals surface area contributed by atoms with Crippen molar-refractivity contribution in [2.24, 2.45) is 4.99 Å². The van der Waals surface area contributed by atoms with E-state index >= 15 is 0 Å². The van der Waals surface area contributed by atoms with Gasteiger partial charge in [-0.15, -0.1) is 24.0 Å². The summed E-state index contributed by atoms with van der Waals surface area (Å²) in [4.78, 5) is 6.95. The highest BCUT2D eigenvalue weighted by molar-refractivity contribution is 14.0. The van der Waals surface area contributed by atoms with Crippen LogP contribution >= 0.6 is 24.0 Å². The van der Waals surface area contributed by atoms with Crippen molar-refractivity contribution in [3.63, 3.8) is 0 Å². The van der Waals surface area contributed by atoms with Crippen LogP contribution in [0.1, 0.15) is 24.6 Å². The number of halogens is 1. The van der Waals surface area contributed by atoms with Crippen LogP contribution in [0.2, 0.25) is 0 Å². The standard InChI is InChI=1S/C20H28N4O3S.HI/c1-21-20(22-11-15-28(25,26)17-8-3-2-4-9-17)23-16-18(19-10-7-14-27-19)24-12-5-6-13-24;/h2-4,7-10,14,18H,5-6,11-13,15-16H2,1H3,(H2,21,22,23);1H. The minimum absolute atomic E-state index is 0. The number of guanidine groups is 1. The highest BCUT2D eigenvalue weighted by Gasteiger charge is 2.25. The molecule has 0 bridgehead atoms. The average Bonchev–Trinajstić information content (AvgIpc) is 3.42. The lowest BCUT2D eigenvalue weighted by Gasteiger charge is -2.26. The molecule has 1 aromatic heterocycles. The van der Waals surface area contributed by atoms with E-state index in [2.05, 4.69) is 20.5 Å². The maximum absolute atomic E-state index is 12.4. The molecule has 160 valence electrons. The second kappa shape index (κ2) is 11.6. The molecule has 0 amide bonds. The van der Waals surface area contributed by atoms with Crippen molar-refractivity contribution in [1.29, 1.82) is 0 Å². The molecule has 3 rings (SSSR count). The van der Waals surface area contributed by atoms with Gasteiger partial charge in [0.2, 0.25) is 0 Å². The Morgan fingerprint density at radius 3 is 2.48 bits per heavy atom. The molecule has 1 aliphatic rings. The van der Waals surface area contributed by atoms with Gasteiger partial charge in [0.1, 0.15) is 5.76 Å². The van der Waals surface area contributed by atoms with E-state index in [0.717, 1.165) is 18.8 Å².